The van der Waals surface area contributed by atoms with Crippen molar-refractivity contribution in [2.24, 2.45) is 10.7 Å². The molecule has 3 N–H and O–H groups in total. The molecule has 2 aromatic rings. The summed E-state index contributed by atoms with van der Waals surface area (Å²) in [5, 5.41) is 13.7. The number of amidine groups is 1. The van der Waals surface area contributed by atoms with Gasteiger partial charge in [-0.25, -0.2) is 4.39 Å². The summed E-state index contributed by atoms with van der Waals surface area (Å²) < 4.78 is 14.2. The fourth-order valence-corrected chi connectivity index (χ4v) is 3.88. The van der Waals surface area contributed by atoms with Gasteiger partial charge >= 0.3 is 0 Å². The van der Waals surface area contributed by atoms with Gasteiger partial charge in [0.05, 0.1) is 16.1 Å². The number of nitro groups is 1. The number of hydrogen-bond donors (Lipinski definition) is 2. The van der Waals surface area contributed by atoms with Gasteiger partial charge in [0.1, 0.15) is 5.82 Å². The van der Waals surface area contributed by atoms with Crippen LogP contribution in [0.4, 0.5) is 15.8 Å². The SMILES string of the molecule is CC1(c2ccc(F)c(NC(=O)C=Cc3ccc([N+](=O)[O-])cc3)c2)CCSC(N)=N1. The monoisotopic (exact) mass is 414 g/mol. The van der Waals surface area contributed by atoms with E-state index in [4.69, 9.17) is 5.73 Å². The second kappa shape index (κ2) is 8.44. The molecule has 1 heterocycles. The van der Waals surface area contributed by atoms with E-state index >= 15 is 0 Å². The Kier molecular flexibility index (Phi) is 5.97. The van der Waals surface area contributed by atoms with Crippen molar-refractivity contribution in [1.29, 1.82) is 0 Å². The number of benzene rings is 2. The molecule has 1 aliphatic rings. The molecule has 1 atom stereocenters. The summed E-state index contributed by atoms with van der Waals surface area (Å²) in [6.07, 6.45) is 3.48. The summed E-state index contributed by atoms with van der Waals surface area (Å²) in [6.45, 7) is 1.92. The fourth-order valence-electron chi connectivity index (χ4n) is 2.90. The highest BCUT2D eigenvalue weighted by Gasteiger charge is 2.30. The molecule has 3 rings (SSSR count). The van der Waals surface area contributed by atoms with Crippen LogP contribution >= 0.6 is 11.8 Å². The Labute approximate surface area is 171 Å². The lowest BCUT2D eigenvalue weighted by Crippen LogP contribution is -2.29. The smallest absolute Gasteiger partial charge is 0.269 e. The molecule has 9 heteroatoms. The van der Waals surface area contributed by atoms with E-state index in [1.807, 2.05) is 6.92 Å². The zero-order valence-corrected chi connectivity index (χ0v) is 16.4. The van der Waals surface area contributed by atoms with Crippen LogP contribution in [-0.4, -0.2) is 21.8 Å². The molecule has 0 aromatic heterocycles. The summed E-state index contributed by atoms with van der Waals surface area (Å²) in [5.74, 6) is -0.272. The highest BCUT2D eigenvalue weighted by atomic mass is 32.2. The number of hydrogen-bond acceptors (Lipinski definition) is 6. The number of non-ortho nitro benzene ring substituents is 1. The Morgan fingerprint density at radius 2 is 2.07 bits per heavy atom. The van der Waals surface area contributed by atoms with E-state index < -0.39 is 22.2 Å². The van der Waals surface area contributed by atoms with Gasteiger partial charge < -0.3 is 11.1 Å². The molecular weight excluding hydrogens is 395 g/mol. The highest BCUT2D eigenvalue weighted by Crippen LogP contribution is 2.36. The number of aliphatic imine (C=N–C) groups is 1. The third kappa shape index (κ3) is 5.00. The summed E-state index contributed by atoms with van der Waals surface area (Å²) in [5.41, 5.74) is 6.65. The van der Waals surface area contributed by atoms with Gasteiger partial charge in [-0.15, -0.1) is 0 Å². The van der Waals surface area contributed by atoms with Crippen LogP contribution in [0.3, 0.4) is 0 Å². The Morgan fingerprint density at radius 1 is 1.34 bits per heavy atom. The number of carbonyl (C=O) groups is 1. The number of nitrogens with two attached hydrogens (primary N) is 1. The normalized spacial score (nSPS) is 19.0. The largest absolute Gasteiger partial charge is 0.379 e. The molecule has 0 saturated heterocycles. The van der Waals surface area contributed by atoms with Crippen LogP contribution in [0.1, 0.15) is 24.5 Å². The van der Waals surface area contributed by atoms with Crippen molar-refractivity contribution in [2.75, 3.05) is 11.1 Å². The topological polar surface area (TPSA) is 111 Å². The molecule has 0 fully saturated rings. The van der Waals surface area contributed by atoms with Crippen LogP contribution in [0.25, 0.3) is 6.08 Å². The average molecular weight is 414 g/mol. The van der Waals surface area contributed by atoms with E-state index in [1.54, 1.807) is 12.1 Å². The molecular formula is C20H19FN4O3S. The number of nitro benzene ring substituents is 1. The van der Waals surface area contributed by atoms with E-state index in [-0.39, 0.29) is 11.4 Å². The van der Waals surface area contributed by atoms with Crippen LogP contribution < -0.4 is 11.1 Å². The summed E-state index contributed by atoms with van der Waals surface area (Å²) in [4.78, 5) is 26.9. The first-order valence-electron chi connectivity index (χ1n) is 8.78. The third-order valence-corrected chi connectivity index (χ3v) is 5.37. The van der Waals surface area contributed by atoms with Crippen LogP contribution in [0, 0.1) is 15.9 Å². The van der Waals surface area contributed by atoms with Gasteiger partial charge in [0.25, 0.3) is 5.69 Å². The van der Waals surface area contributed by atoms with Gasteiger partial charge in [-0.05, 0) is 54.8 Å². The van der Waals surface area contributed by atoms with Crippen LogP contribution in [-0.2, 0) is 10.3 Å². The predicted octanol–water partition coefficient (Wildman–Crippen LogP) is 4.05. The quantitative estimate of drug-likeness (QED) is 0.436. The first-order chi connectivity index (χ1) is 13.8. The number of halogens is 1. The molecule has 0 spiro atoms. The lowest BCUT2D eigenvalue weighted by atomic mass is 9.89. The van der Waals surface area contributed by atoms with E-state index in [2.05, 4.69) is 10.3 Å². The zero-order chi connectivity index (χ0) is 21.0. The van der Waals surface area contributed by atoms with Gasteiger partial charge in [-0.1, -0.05) is 17.8 Å². The minimum atomic E-state index is -0.572. The molecule has 0 saturated carbocycles. The molecule has 0 bridgehead atoms. The maximum Gasteiger partial charge on any atom is 0.269 e. The van der Waals surface area contributed by atoms with Crippen molar-refractivity contribution in [3.8, 4) is 0 Å². The second-order valence-electron chi connectivity index (χ2n) is 6.69. The van der Waals surface area contributed by atoms with E-state index in [0.29, 0.717) is 10.7 Å². The Morgan fingerprint density at radius 3 is 2.72 bits per heavy atom. The average Bonchev–Trinajstić information content (AvgIpc) is 2.68. The van der Waals surface area contributed by atoms with Crippen molar-refractivity contribution in [3.05, 3.63) is 75.6 Å². The molecule has 1 unspecified atom stereocenters. The molecule has 7 nitrogen and oxygen atoms in total. The number of nitrogens with one attached hydrogen (secondary N) is 1. The standard InChI is InChI=1S/C20H19FN4O3S/c1-20(10-11-29-19(22)24-20)14-5-8-16(21)17(12-14)23-18(26)9-4-13-2-6-15(7-3-13)25(27)28/h2-9,12H,10-11H2,1H3,(H2,22,24)(H,23,26). The van der Waals surface area contributed by atoms with E-state index in [9.17, 15) is 19.3 Å². The number of rotatable bonds is 5. The molecule has 29 heavy (non-hydrogen) atoms. The van der Waals surface area contributed by atoms with Crippen molar-refractivity contribution < 1.29 is 14.1 Å². The van der Waals surface area contributed by atoms with Crippen LogP contribution in [0.2, 0.25) is 0 Å². The van der Waals surface area contributed by atoms with E-state index in [0.717, 1.165) is 17.7 Å². The molecule has 0 aliphatic carbocycles. The number of anilines is 1. The van der Waals surface area contributed by atoms with Gasteiger partial charge in [-0.2, -0.15) is 0 Å². The second-order valence-corrected chi connectivity index (χ2v) is 7.80. The summed E-state index contributed by atoms with van der Waals surface area (Å²) in [7, 11) is 0. The minimum Gasteiger partial charge on any atom is -0.379 e. The number of carbonyl (C=O) groups excluding carboxylic acids is 1. The summed E-state index contributed by atoms with van der Waals surface area (Å²) >= 11 is 1.48. The lowest BCUT2D eigenvalue weighted by molar-refractivity contribution is -0.384. The molecule has 0 radical (unpaired) electrons. The first-order valence-corrected chi connectivity index (χ1v) is 9.77. The van der Waals surface area contributed by atoms with Crippen molar-refractivity contribution in [2.45, 2.75) is 18.9 Å². The maximum absolute atomic E-state index is 14.2. The lowest BCUT2D eigenvalue weighted by Gasteiger charge is -2.30. The van der Waals surface area contributed by atoms with Gasteiger partial charge in [0.2, 0.25) is 5.91 Å². The van der Waals surface area contributed by atoms with E-state index in [1.165, 1.54) is 54.2 Å². The van der Waals surface area contributed by atoms with Crippen LogP contribution in [0.5, 0.6) is 0 Å². The zero-order valence-electron chi connectivity index (χ0n) is 15.6. The number of amides is 1. The molecule has 1 aliphatic heterocycles. The fraction of sp³-hybridized carbons (Fsp3) is 0.200. The Balaban J connectivity index is 1.75. The van der Waals surface area contributed by atoms with Crippen molar-refractivity contribution >= 4 is 40.3 Å². The predicted molar refractivity (Wildman–Crippen MR) is 113 cm³/mol. The van der Waals surface area contributed by atoms with Gasteiger partial charge in [-0.3, -0.25) is 19.9 Å². The molecule has 2 aromatic carbocycles. The number of nitrogens with zero attached hydrogens (tertiary/aromatic N) is 2. The minimum absolute atomic E-state index is 0.0385. The van der Waals surface area contributed by atoms with Gasteiger partial charge in [0, 0.05) is 24.0 Å². The highest BCUT2D eigenvalue weighted by molar-refractivity contribution is 8.13. The van der Waals surface area contributed by atoms with Crippen LogP contribution in [0.15, 0.2) is 53.5 Å². The third-order valence-electron chi connectivity index (χ3n) is 4.57. The Hall–Kier alpha value is -3.20. The van der Waals surface area contributed by atoms with Crippen molar-refractivity contribution in [3.63, 3.8) is 0 Å². The maximum atomic E-state index is 14.2. The first kappa shape index (κ1) is 20.5. The Bertz CT molecular complexity index is 1010. The molecule has 1 amide bonds. The number of thioether (sulfide) groups is 1. The molecule has 150 valence electrons. The van der Waals surface area contributed by atoms with Gasteiger partial charge in [0.15, 0.2) is 5.17 Å². The summed E-state index contributed by atoms with van der Waals surface area (Å²) in [6, 6.07) is 10.2. The van der Waals surface area contributed by atoms with Crippen molar-refractivity contribution in [1.82, 2.24) is 0 Å².